The van der Waals surface area contributed by atoms with Crippen molar-refractivity contribution >= 4 is 6.29 Å². The Labute approximate surface area is 110 Å². The molecule has 0 aliphatic carbocycles. The smallest absolute Gasteiger partial charge is 0.204 e. The van der Waals surface area contributed by atoms with Gasteiger partial charge in [0, 0.05) is 5.57 Å². The van der Waals surface area contributed by atoms with E-state index in [1.54, 1.807) is 31.4 Å². The van der Waals surface area contributed by atoms with Crippen LogP contribution in [0.15, 0.2) is 47.6 Å². The zero-order valence-electron chi connectivity index (χ0n) is 10.3. The molecule has 1 heterocycles. The first-order chi connectivity index (χ1) is 9.21. The molecule has 2 N–H and O–H groups in total. The SMILES string of the molecule is COc1ccc(C2C(C=O)=COC(N)=C2C#N)cc1. The molecule has 0 amide bonds. The van der Waals surface area contributed by atoms with Gasteiger partial charge in [0.2, 0.25) is 5.88 Å². The van der Waals surface area contributed by atoms with Crippen LogP contribution < -0.4 is 10.5 Å². The standard InChI is InChI=1S/C14H12N2O3/c1-18-11-4-2-9(3-5-11)13-10(7-17)8-19-14(16)12(13)6-15/h2-5,7-8,13H,16H2,1H3. The van der Waals surface area contributed by atoms with Gasteiger partial charge in [-0.05, 0) is 17.7 Å². The molecule has 1 aliphatic heterocycles. The quantitative estimate of drug-likeness (QED) is 0.830. The van der Waals surface area contributed by atoms with Crippen LogP contribution in [0.1, 0.15) is 11.5 Å². The molecule has 0 fully saturated rings. The summed E-state index contributed by atoms with van der Waals surface area (Å²) in [6.45, 7) is 0. The normalized spacial score (nSPS) is 18.1. The monoisotopic (exact) mass is 256 g/mol. The number of aldehydes is 1. The fourth-order valence-electron chi connectivity index (χ4n) is 1.94. The summed E-state index contributed by atoms with van der Waals surface area (Å²) in [7, 11) is 1.57. The number of benzene rings is 1. The third-order valence-corrected chi connectivity index (χ3v) is 2.92. The third kappa shape index (κ3) is 2.29. The molecule has 5 nitrogen and oxygen atoms in total. The largest absolute Gasteiger partial charge is 0.497 e. The zero-order chi connectivity index (χ0) is 13.8. The van der Waals surface area contributed by atoms with E-state index in [0.29, 0.717) is 17.6 Å². The van der Waals surface area contributed by atoms with Gasteiger partial charge in [-0.2, -0.15) is 5.26 Å². The summed E-state index contributed by atoms with van der Waals surface area (Å²) in [6.07, 6.45) is 1.94. The number of rotatable bonds is 3. The molecule has 1 aliphatic rings. The number of ether oxygens (including phenoxy) is 2. The maximum absolute atomic E-state index is 11.1. The molecule has 0 aromatic heterocycles. The molecule has 5 heteroatoms. The molecule has 0 saturated heterocycles. The first-order valence-corrected chi connectivity index (χ1v) is 5.56. The number of hydrogen-bond acceptors (Lipinski definition) is 5. The summed E-state index contributed by atoms with van der Waals surface area (Å²) in [5.74, 6) is 0.221. The van der Waals surface area contributed by atoms with Crippen LogP contribution in [0.5, 0.6) is 5.75 Å². The maximum Gasteiger partial charge on any atom is 0.204 e. The molecule has 0 saturated carbocycles. The summed E-state index contributed by atoms with van der Waals surface area (Å²) in [4.78, 5) is 11.1. The van der Waals surface area contributed by atoms with Gasteiger partial charge in [0.1, 0.15) is 29.9 Å². The van der Waals surface area contributed by atoms with Gasteiger partial charge in [-0.1, -0.05) is 12.1 Å². The highest BCUT2D eigenvalue weighted by molar-refractivity contribution is 5.78. The number of carbonyl (C=O) groups excluding carboxylic acids is 1. The van der Waals surface area contributed by atoms with Crippen molar-refractivity contribution in [3.8, 4) is 11.8 Å². The first-order valence-electron chi connectivity index (χ1n) is 5.56. The Balaban J connectivity index is 2.48. The lowest BCUT2D eigenvalue weighted by atomic mass is 9.85. The van der Waals surface area contributed by atoms with E-state index in [2.05, 4.69) is 0 Å². The van der Waals surface area contributed by atoms with E-state index >= 15 is 0 Å². The number of nitriles is 1. The van der Waals surface area contributed by atoms with Crippen LogP contribution in [0.3, 0.4) is 0 Å². The van der Waals surface area contributed by atoms with Crippen molar-refractivity contribution in [1.82, 2.24) is 0 Å². The number of methoxy groups -OCH3 is 1. The van der Waals surface area contributed by atoms with Crippen LogP contribution in [0.2, 0.25) is 0 Å². The van der Waals surface area contributed by atoms with Crippen molar-refractivity contribution in [3.63, 3.8) is 0 Å². The fourth-order valence-corrected chi connectivity index (χ4v) is 1.94. The van der Waals surface area contributed by atoms with E-state index in [1.165, 1.54) is 6.26 Å². The number of nitrogens with zero attached hydrogens (tertiary/aromatic N) is 1. The van der Waals surface area contributed by atoms with Crippen LogP contribution in [0.4, 0.5) is 0 Å². The topological polar surface area (TPSA) is 85.3 Å². The summed E-state index contributed by atoms with van der Waals surface area (Å²) >= 11 is 0. The number of hydrogen-bond donors (Lipinski definition) is 1. The minimum Gasteiger partial charge on any atom is -0.497 e. The van der Waals surface area contributed by atoms with Crippen LogP contribution in [-0.4, -0.2) is 13.4 Å². The van der Waals surface area contributed by atoms with Crippen LogP contribution >= 0.6 is 0 Å². The lowest BCUT2D eigenvalue weighted by Gasteiger charge is -2.22. The summed E-state index contributed by atoms with van der Waals surface area (Å²) < 4.78 is 10.1. The van der Waals surface area contributed by atoms with E-state index in [0.717, 1.165) is 5.56 Å². The van der Waals surface area contributed by atoms with Crippen LogP contribution in [0, 0.1) is 11.3 Å². The van der Waals surface area contributed by atoms with Gasteiger partial charge < -0.3 is 15.2 Å². The van der Waals surface area contributed by atoms with Gasteiger partial charge in [-0.15, -0.1) is 0 Å². The van der Waals surface area contributed by atoms with Crippen molar-refractivity contribution < 1.29 is 14.3 Å². The lowest BCUT2D eigenvalue weighted by molar-refractivity contribution is -0.105. The zero-order valence-corrected chi connectivity index (χ0v) is 10.3. The second-order valence-electron chi connectivity index (χ2n) is 3.95. The van der Waals surface area contributed by atoms with E-state index < -0.39 is 5.92 Å². The molecule has 0 spiro atoms. The van der Waals surface area contributed by atoms with Crippen molar-refractivity contribution in [1.29, 1.82) is 5.26 Å². The van der Waals surface area contributed by atoms with Gasteiger partial charge in [-0.3, -0.25) is 4.79 Å². The van der Waals surface area contributed by atoms with E-state index in [9.17, 15) is 10.1 Å². The Kier molecular flexibility index (Phi) is 3.53. The van der Waals surface area contributed by atoms with Gasteiger partial charge in [0.15, 0.2) is 0 Å². The maximum atomic E-state index is 11.1. The Morgan fingerprint density at radius 1 is 1.42 bits per heavy atom. The Hall–Kier alpha value is -2.74. The van der Waals surface area contributed by atoms with Crippen molar-refractivity contribution in [2.75, 3.05) is 7.11 Å². The number of allylic oxidation sites excluding steroid dienone is 2. The molecular formula is C14H12N2O3. The first kappa shape index (κ1) is 12.7. The van der Waals surface area contributed by atoms with Crippen molar-refractivity contribution in [2.45, 2.75) is 5.92 Å². The second kappa shape index (κ2) is 5.27. The molecule has 1 unspecified atom stereocenters. The predicted octanol–water partition coefficient (Wildman–Crippen LogP) is 1.59. The van der Waals surface area contributed by atoms with Gasteiger partial charge in [0.25, 0.3) is 0 Å². The molecular weight excluding hydrogens is 244 g/mol. The fraction of sp³-hybridized carbons (Fsp3) is 0.143. The molecule has 2 rings (SSSR count). The predicted molar refractivity (Wildman–Crippen MR) is 67.8 cm³/mol. The van der Waals surface area contributed by atoms with Gasteiger partial charge >= 0.3 is 0 Å². The summed E-state index contributed by atoms with van der Waals surface area (Å²) in [6, 6.07) is 9.10. The van der Waals surface area contributed by atoms with E-state index in [1.807, 2.05) is 6.07 Å². The highest BCUT2D eigenvalue weighted by Gasteiger charge is 2.28. The molecule has 1 aromatic carbocycles. The Bertz CT molecular complexity index is 594. The number of carbonyl (C=O) groups is 1. The van der Waals surface area contributed by atoms with Crippen molar-refractivity contribution in [2.24, 2.45) is 5.73 Å². The van der Waals surface area contributed by atoms with E-state index in [4.69, 9.17) is 15.2 Å². The second-order valence-corrected chi connectivity index (χ2v) is 3.95. The molecule has 0 radical (unpaired) electrons. The lowest BCUT2D eigenvalue weighted by Crippen LogP contribution is -2.18. The third-order valence-electron chi connectivity index (χ3n) is 2.92. The van der Waals surface area contributed by atoms with Crippen LogP contribution in [0.25, 0.3) is 0 Å². The number of nitrogens with two attached hydrogens (primary N) is 1. The molecule has 96 valence electrons. The summed E-state index contributed by atoms with van der Waals surface area (Å²) in [5.41, 5.74) is 7.01. The minimum atomic E-state index is -0.498. The highest BCUT2D eigenvalue weighted by Crippen LogP contribution is 2.35. The molecule has 1 aromatic rings. The average Bonchev–Trinajstić information content (AvgIpc) is 2.47. The average molecular weight is 256 g/mol. The van der Waals surface area contributed by atoms with Gasteiger partial charge in [-0.25, -0.2) is 0 Å². The highest BCUT2D eigenvalue weighted by atomic mass is 16.5. The molecule has 19 heavy (non-hydrogen) atoms. The molecule has 0 bridgehead atoms. The van der Waals surface area contributed by atoms with Crippen molar-refractivity contribution in [3.05, 3.63) is 53.1 Å². The Morgan fingerprint density at radius 2 is 2.11 bits per heavy atom. The Morgan fingerprint density at radius 3 is 2.63 bits per heavy atom. The minimum absolute atomic E-state index is 0.0221. The van der Waals surface area contributed by atoms with E-state index in [-0.39, 0.29) is 11.5 Å². The van der Waals surface area contributed by atoms with Gasteiger partial charge in [0.05, 0.1) is 13.0 Å². The molecule has 1 atom stereocenters. The summed E-state index contributed by atoms with van der Waals surface area (Å²) in [5, 5.41) is 9.17. The van der Waals surface area contributed by atoms with Crippen LogP contribution in [-0.2, 0) is 9.53 Å².